The predicted octanol–water partition coefficient (Wildman–Crippen LogP) is 0.958. The number of carbonyl (C=O) groups is 2. The maximum atomic E-state index is 12.8. The molecular weight excluding hydrogens is 294 g/mol. The van der Waals surface area contributed by atoms with E-state index in [1.807, 2.05) is 18.9 Å². The SMILES string of the molecule is CC(C)=C1[C@H]2CC[C@@H]1[C@H](C(=O)O)[C@@H]2C(=O)NN1CCN(C)CC1. The zero-order chi connectivity index (χ0) is 16.7. The molecule has 0 radical (unpaired) electrons. The van der Waals surface area contributed by atoms with Gasteiger partial charge in [0, 0.05) is 26.2 Å². The largest absolute Gasteiger partial charge is 0.481 e. The number of piperazine rings is 1. The van der Waals surface area contributed by atoms with E-state index in [0.717, 1.165) is 39.0 Å². The van der Waals surface area contributed by atoms with E-state index in [4.69, 9.17) is 0 Å². The fourth-order valence-corrected chi connectivity index (χ4v) is 4.75. The summed E-state index contributed by atoms with van der Waals surface area (Å²) in [6.45, 7) is 7.49. The number of carboxylic acid groups (broad SMARTS) is 1. The molecule has 1 aliphatic heterocycles. The monoisotopic (exact) mass is 321 g/mol. The van der Waals surface area contributed by atoms with Crippen molar-refractivity contribution in [3.8, 4) is 0 Å². The van der Waals surface area contributed by atoms with Gasteiger partial charge in [0.25, 0.3) is 0 Å². The van der Waals surface area contributed by atoms with E-state index in [1.165, 1.54) is 11.1 Å². The molecule has 3 rings (SSSR count). The Bertz CT molecular complexity index is 533. The molecule has 2 saturated carbocycles. The van der Waals surface area contributed by atoms with Crippen LogP contribution in [0, 0.1) is 23.7 Å². The number of aliphatic carboxylic acids is 1. The van der Waals surface area contributed by atoms with Crippen LogP contribution in [0.5, 0.6) is 0 Å². The average molecular weight is 321 g/mol. The number of nitrogens with one attached hydrogen (secondary N) is 1. The fraction of sp³-hybridized carbons (Fsp3) is 0.765. The molecule has 0 unspecified atom stereocenters. The molecule has 0 aromatic heterocycles. The number of carboxylic acids is 1. The Kier molecular flexibility index (Phi) is 4.47. The molecule has 6 nitrogen and oxygen atoms in total. The molecule has 3 aliphatic rings. The summed E-state index contributed by atoms with van der Waals surface area (Å²) in [5.74, 6) is -1.76. The predicted molar refractivity (Wildman–Crippen MR) is 86.4 cm³/mol. The molecule has 3 fully saturated rings. The minimum absolute atomic E-state index is 0.0470. The number of allylic oxidation sites excluding steroid dienone is 2. The number of likely N-dealkylation sites (N-methyl/N-ethyl adjacent to an activating group) is 1. The van der Waals surface area contributed by atoms with Crippen LogP contribution >= 0.6 is 0 Å². The van der Waals surface area contributed by atoms with Gasteiger partial charge in [-0.05, 0) is 45.6 Å². The highest BCUT2D eigenvalue weighted by atomic mass is 16.4. The van der Waals surface area contributed by atoms with Crippen LogP contribution in [0.25, 0.3) is 0 Å². The van der Waals surface area contributed by atoms with Crippen molar-refractivity contribution in [1.29, 1.82) is 0 Å². The van der Waals surface area contributed by atoms with Crippen molar-refractivity contribution in [1.82, 2.24) is 15.3 Å². The van der Waals surface area contributed by atoms with E-state index in [9.17, 15) is 14.7 Å². The molecule has 2 bridgehead atoms. The molecule has 6 heteroatoms. The van der Waals surface area contributed by atoms with Crippen LogP contribution in [0.15, 0.2) is 11.1 Å². The summed E-state index contributed by atoms with van der Waals surface area (Å²) in [5, 5.41) is 11.6. The van der Waals surface area contributed by atoms with Crippen LogP contribution in [-0.2, 0) is 9.59 Å². The van der Waals surface area contributed by atoms with Crippen molar-refractivity contribution >= 4 is 11.9 Å². The van der Waals surface area contributed by atoms with Gasteiger partial charge >= 0.3 is 5.97 Å². The number of nitrogens with zero attached hydrogens (tertiary/aromatic N) is 2. The summed E-state index contributed by atoms with van der Waals surface area (Å²) in [5.41, 5.74) is 5.42. The second-order valence-electron chi connectivity index (χ2n) is 7.40. The smallest absolute Gasteiger partial charge is 0.307 e. The minimum atomic E-state index is -0.825. The lowest BCUT2D eigenvalue weighted by molar-refractivity contribution is -0.151. The summed E-state index contributed by atoms with van der Waals surface area (Å²) < 4.78 is 0. The Balaban J connectivity index is 1.76. The normalized spacial score (nSPS) is 34.7. The molecule has 0 aromatic rings. The van der Waals surface area contributed by atoms with Crippen molar-refractivity contribution in [3.63, 3.8) is 0 Å². The van der Waals surface area contributed by atoms with Crippen molar-refractivity contribution in [2.24, 2.45) is 23.7 Å². The average Bonchev–Trinajstić information content (AvgIpc) is 3.05. The summed E-state index contributed by atoms with van der Waals surface area (Å²) in [6.07, 6.45) is 1.84. The quantitative estimate of drug-likeness (QED) is 0.758. The zero-order valence-electron chi connectivity index (χ0n) is 14.2. The van der Waals surface area contributed by atoms with Crippen LogP contribution in [0.2, 0.25) is 0 Å². The summed E-state index contributed by atoms with van der Waals surface area (Å²) in [6, 6.07) is 0. The lowest BCUT2D eigenvalue weighted by Gasteiger charge is -2.34. The molecule has 1 saturated heterocycles. The molecule has 2 N–H and O–H groups in total. The highest BCUT2D eigenvalue weighted by molar-refractivity contribution is 5.87. The van der Waals surface area contributed by atoms with Gasteiger partial charge in [0.15, 0.2) is 0 Å². The van der Waals surface area contributed by atoms with Gasteiger partial charge in [-0.2, -0.15) is 0 Å². The Hall–Kier alpha value is -1.40. The first-order valence-corrected chi connectivity index (χ1v) is 8.54. The van der Waals surface area contributed by atoms with E-state index in [0.29, 0.717) is 0 Å². The van der Waals surface area contributed by atoms with Crippen molar-refractivity contribution in [3.05, 3.63) is 11.1 Å². The van der Waals surface area contributed by atoms with E-state index in [1.54, 1.807) is 0 Å². The summed E-state index contributed by atoms with van der Waals surface area (Å²) in [4.78, 5) is 26.8. The first kappa shape index (κ1) is 16.5. The van der Waals surface area contributed by atoms with E-state index in [-0.39, 0.29) is 17.7 Å². The Morgan fingerprint density at radius 3 is 2.13 bits per heavy atom. The number of fused-ring (bicyclic) bond motifs is 2. The first-order valence-electron chi connectivity index (χ1n) is 8.54. The molecule has 23 heavy (non-hydrogen) atoms. The number of amides is 1. The standard InChI is InChI=1S/C17H27N3O3/c1-10(2)13-11-4-5-12(13)15(17(22)23)14(11)16(21)18-20-8-6-19(3)7-9-20/h11-12,14-15H,4-9H2,1-3H3,(H,18,21)(H,22,23)/t11-,12+,14-,15+/m1/s1. The third kappa shape index (κ3) is 2.90. The topological polar surface area (TPSA) is 72.9 Å². The molecule has 1 amide bonds. The highest BCUT2D eigenvalue weighted by Crippen LogP contribution is 2.57. The van der Waals surface area contributed by atoms with Crippen LogP contribution in [0.4, 0.5) is 0 Å². The maximum Gasteiger partial charge on any atom is 0.307 e. The summed E-state index contributed by atoms with van der Waals surface area (Å²) >= 11 is 0. The van der Waals surface area contributed by atoms with Gasteiger partial charge in [0.2, 0.25) is 5.91 Å². The minimum Gasteiger partial charge on any atom is -0.481 e. The Labute approximate surface area is 137 Å². The molecular formula is C17H27N3O3. The van der Waals surface area contributed by atoms with Crippen molar-refractivity contribution in [2.45, 2.75) is 26.7 Å². The molecule has 4 atom stereocenters. The van der Waals surface area contributed by atoms with Crippen molar-refractivity contribution in [2.75, 3.05) is 33.2 Å². The number of rotatable bonds is 3. The lowest BCUT2D eigenvalue weighted by Crippen LogP contribution is -2.55. The van der Waals surface area contributed by atoms with Crippen LogP contribution < -0.4 is 5.43 Å². The van der Waals surface area contributed by atoms with Gasteiger partial charge in [-0.15, -0.1) is 0 Å². The molecule has 0 spiro atoms. The van der Waals surface area contributed by atoms with E-state index in [2.05, 4.69) is 17.4 Å². The molecule has 0 aromatic carbocycles. The second kappa shape index (κ2) is 6.24. The Morgan fingerprint density at radius 2 is 1.61 bits per heavy atom. The summed E-state index contributed by atoms with van der Waals surface area (Å²) in [7, 11) is 2.07. The number of hydrazine groups is 1. The van der Waals surface area contributed by atoms with Gasteiger partial charge in [-0.1, -0.05) is 11.1 Å². The second-order valence-corrected chi connectivity index (χ2v) is 7.40. The van der Waals surface area contributed by atoms with Gasteiger partial charge < -0.3 is 10.0 Å². The number of hydrogen-bond donors (Lipinski definition) is 2. The van der Waals surface area contributed by atoms with Gasteiger partial charge in [-0.3, -0.25) is 15.0 Å². The van der Waals surface area contributed by atoms with Crippen LogP contribution in [0.1, 0.15) is 26.7 Å². The molecule has 1 heterocycles. The van der Waals surface area contributed by atoms with Gasteiger partial charge in [0.1, 0.15) is 0 Å². The highest BCUT2D eigenvalue weighted by Gasteiger charge is 2.57. The molecule has 2 aliphatic carbocycles. The number of hydrogen-bond acceptors (Lipinski definition) is 4. The zero-order valence-corrected chi connectivity index (χ0v) is 14.2. The third-order valence-corrected chi connectivity index (χ3v) is 5.78. The lowest BCUT2D eigenvalue weighted by atomic mass is 9.79. The van der Waals surface area contributed by atoms with Crippen LogP contribution in [0.3, 0.4) is 0 Å². The Morgan fingerprint density at radius 1 is 1.04 bits per heavy atom. The van der Waals surface area contributed by atoms with E-state index < -0.39 is 17.8 Å². The fourth-order valence-electron chi connectivity index (χ4n) is 4.75. The third-order valence-electron chi connectivity index (χ3n) is 5.78. The van der Waals surface area contributed by atoms with Gasteiger partial charge in [-0.25, -0.2) is 5.01 Å². The first-order chi connectivity index (χ1) is 10.9. The van der Waals surface area contributed by atoms with Crippen LogP contribution in [-0.4, -0.2) is 60.1 Å². The van der Waals surface area contributed by atoms with E-state index >= 15 is 0 Å². The van der Waals surface area contributed by atoms with Gasteiger partial charge in [0.05, 0.1) is 11.8 Å². The van der Waals surface area contributed by atoms with Crippen molar-refractivity contribution < 1.29 is 14.7 Å². The maximum absolute atomic E-state index is 12.8. The molecule has 128 valence electrons. The number of carbonyl (C=O) groups excluding carboxylic acids is 1.